The van der Waals surface area contributed by atoms with E-state index in [1.165, 1.54) is 36.4 Å². The minimum absolute atomic E-state index is 0.886. The topological polar surface area (TPSA) is 118 Å². The van der Waals surface area contributed by atoms with E-state index >= 15 is 0 Å². The van der Waals surface area contributed by atoms with Gasteiger partial charge in [-0.2, -0.15) is 4.57 Å². The molecule has 4 aromatic rings. The van der Waals surface area contributed by atoms with E-state index in [0.29, 0.717) is 0 Å². The summed E-state index contributed by atoms with van der Waals surface area (Å²) < 4.78 is 48.4. The summed E-state index contributed by atoms with van der Waals surface area (Å²) in [6.07, 6.45) is 8.92. The molecule has 0 bridgehead atoms. The van der Waals surface area contributed by atoms with E-state index in [1.54, 1.807) is 37.3 Å². The molecule has 8 nitrogen and oxygen atoms in total. The summed E-state index contributed by atoms with van der Waals surface area (Å²) in [5, 5.41) is 2.43. The molecule has 5 rings (SSSR count). The van der Waals surface area contributed by atoms with Crippen molar-refractivity contribution < 1.29 is 42.9 Å². The third-order valence-electron chi connectivity index (χ3n) is 6.43. The van der Waals surface area contributed by atoms with Gasteiger partial charge in [-0.05, 0) is 61.4 Å². The van der Waals surface area contributed by atoms with Crippen molar-refractivity contribution in [2.45, 2.75) is 25.3 Å². The molecule has 220 valence electrons. The minimum atomic E-state index is -4.94. The number of fused-ring (bicyclic) bond motifs is 2. The normalized spacial score (nSPS) is 14.3. The van der Waals surface area contributed by atoms with Crippen molar-refractivity contribution in [2.24, 2.45) is 0 Å². The van der Waals surface area contributed by atoms with Gasteiger partial charge >= 0.3 is 0 Å². The van der Waals surface area contributed by atoms with E-state index in [4.69, 9.17) is 28.1 Å². The number of aryl methyl sites for hydroxylation is 1. The van der Waals surface area contributed by atoms with Crippen LogP contribution in [-0.4, -0.2) is 20.8 Å². The number of thiazole rings is 1. The molecular formula is C31H31ClN2O6S2. The van der Waals surface area contributed by atoms with Crippen LogP contribution in [0.2, 0.25) is 0 Å². The average Bonchev–Trinajstić information content (AvgIpc) is 3.52. The van der Waals surface area contributed by atoms with Crippen molar-refractivity contribution in [3.63, 3.8) is 0 Å². The number of allylic oxidation sites excluding steroid dienone is 4. The largest absolute Gasteiger partial charge is 0.497 e. The first kappa shape index (κ1) is 31.6. The molecule has 1 aliphatic heterocycles. The van der Waals surface area contributed by atoms with Crippen LogP contribution >= 0.6 is 23.1 Å². The van der Waals surface area contributed by atoms with Gasteiger partial charge in [0.15, 0.2) is 0 Å². The first-order valence-electron chi connectivity index (χ1n) is 13.1. The third kappa shape index (κ3) is 7.93. The van der Waals surface area contributed by atoms with Gasteiger partial charge in [0.1, 0.15) is 22.7 Å². The second-order valence-corrected chi connectivity index (χ2v) is 11.8. The van der Waals surface area contributed by atoms with Crippen LogP contribution in [-0.2, 0) is 6.54 Å². The lowest BCUT2D eigenvalue weighted by atomic mass is 10.1. The summed E-state index contributed by atoms with van der Waals surface area (Å²) in [6.45, 7) is 6.19. The zero-order chi connectivity index (χ0) is 30.3. The summed E-state index contributed by atoms with van der Waals surface area (Å²) >= 11 is 3.57. The zero-order valence-corrected chi connectivity index (χ0v) is 26.0. The quantitative estimate of drug-likeness (QED) is 0.216. The Bertz CT molecular complexity index is 1610. The van der Waals surface area contributed by atoms with Crippen LogP contribution in [0, 0.1) is 10.2 Å². The molecule has 0 spiro atoms. The van der Waals surface area contributed by atoms with Crippen molar-refractivity contribution in [2.75, 3.05) is 25.7 Å². The third-order valence-corrected chi connectivity index (χ3v) is 8.65. The highest BCUT2D eigenvalue weighted by Gasteiger charge is 2.24. The standard InChI is InChI=1S/C31H31N2O2S2.ClHO4/c1-5-32-26-16-14-24(34-3)20-28(26)36-30(32)18-12-23(22-10-8-7-9-11-22)13-19-31-33(6-2)27-17-15-25(35-4)21-29(27)37-31;2-1(3,4)5/h7-21H,5-6H2,1-4H3;(H,2,3,4,5)/q+1;/p-1. The molecule has 11 heteroatoms. The molecule has 2 heterocycles. The smallest absolute Gasteiger partial charge is 0.262 e. The lowest BCUT2D eigenvalue weighted by molar-refractivity contribution is -2.00. The van der Waals surface area contributed by atoms with E-state index in [2.05, 4.69) is 102 Å². The first-order chi connectivity index (χ1) is 20.1. The molecule has 42 heavy (non-hydrogen) atoms. The zero-order valence-electron chi connectivity index (χ0n) is 23.6. The Balaban J connectivity index is 0.000000748. The summed E-state index contributed by atoms with van der Waals surface area (Å²) in [6, 6.07) is 23.2. The molecule has 0 radical (unpaired) electrons. The number of methoxy groups -OCH3 is 2. The highest BCUT2D eigenvalue weighted by Crippen LogP contribution is 2.47. The van der Waals surface area contributed by atoms with Crippen molar-refractivity contribution >= 4 is 50.7 Å². The van der Waals surface area contributed by atoms with Gasteiger partial charge in [-0.3, -0.25) is 0 Å². The minimum Gasteiger partial charge on any atom is -0.497 e. The van der Waals surface area contributed by atoms with Gasteiger partial charge in [0.2, 0.25) is 5.52 Å². The van der Waals surface area contributed by atoms with Crippen LogP contribution in [0.25, 0.3) is 21.9 Å². The van der Waals surface area contributed by atoms with Crippen LogP contribution in [0.4, 0.5) is 5.69 Å². The lowest BCUT2D eigenvalue weighted by Crippen LogP contribution is -2.68. The van der Waals surface area contributed by atoms with Crippen LogP contribution in [0.1, 0.15) is 24.4 Å². The highest BCUT2D eigenvalue weighted by atomic mass is 35.7. The van der Waals surface area contributed by atoms with Crippen LogP contribution in [0.15, 0.2) is 94.9 Å². The van der Waals surface area contributed by atoms with Crippen molar-refractivity contribution in [1.82, 2.24) is 0 Å². The number of anilines is 1. The Hall–Kier alpha value is -3.35. The lowest BCUT2D eigenvalue weighted by Gasteiger charge is -2.17. The van der Waals surface area contributed by atoms with Gasteiger partial charge in [0, 0.05) is 29.6 Å². The number of hydrogen-bond acceptors (Lipinski definition) is 9. The molecule has 3 aromatic carbocycles. The maximum Gasteiger partial charge on any atom is 0.262 e. The molecule has 0 saturated heterocycles. The number of nitrogens with zero attached hydrogens (tertiary/aromatic N) is 2. The molecule has 1 aliphatic rings. The second-order valence-electron chi connectivity index (χ2n) is 8.90. The number of halogens is 1. The Morgan fingerprint density at radius 3 is 2.24 bits per heavy atom. The molecule has 0 unspecified atom stereocenters. The van der Waals surface area contributed by atoms with Crippen molar-refractivity contribution in [3.8, 4) is 11.5 Å². The van der Waals surface area contributed by atoms with Crippen LogP contribution in [0.5, 0.6) is 11.5 Å². The van der Waals surface area contributed by atoms with Gasteiger partial charge < -0.3 is 14.4 Å². The van der Waals surface area contributed by atoms with Gasteiger partial charge in [-0.1, -0.05) is 59.5 Å². The summed E-state index contributed by atoms with van der Waals surface area (Å²) in [7, 11) is -1.52. The van der Waals surface area contributed by atoms with E-state index in [0.717, 1.165) is 30.2 Å². The molecule has 0 N–H and O–H groups in total. The molecule has 0 fully saturated rings. The molecule has 0 amide bonds. The van der Waals surface area contributed by atoms with E-state index in [1.807, 2.05) is 12.1 Å². The number of ether oxygens (including phenoxy) is 2. The first-order valence-corrected chi connectivity index (χ1v) is 15.9. The number of benzene rings is 3. The predicted molar refractivity (Wildman–Crippen MR) is 158 cm³/mol. The van der Waals surface area contributed by atoms with Crippen LogP contribution < -0.4 is 37.6 Å². The van der Waals surface area contributed by atoms with Crippen molar-refractivity contribution in [1.29, 1.82) is 0 Å². The summed E-state index contributed by atoms with van der Waals surface area (Å²) in [4.78, 5) is 3.58. The van der Waals surface area contributed by atoms with Gasteiger partial charge in [0.05, 0.1) is 24.9 Å². The molecule has 0 saturated carbocycles. The molecule has 1 aromatic heterocycles. The van der Waals surface area contributed by atoms with E-state index < -0.39 is 10.2 Å². The fourth-order valence-corrected chi connectivity index (χ4v) is 6.84. The highest BCUT2D eigenvalue weighted by molar-refractivity contribution is 8.03. The maximum absolute atomic E-state index is 8.49. The van der Waals surface area contributed by atoms with E-state index in [9.17, 15) is 0 Å². The fraction of sp³-hybridized carbons (Fsp3) is 0.194. The second kappa shape index (κ2) is 14.2. The monoisotopic (exact) mass is 626 g/mol. The Morgan fingerprint density at radius 2 is 1.60 bits per heavy atom. The molecule has 0 aliphatic carbocycles. The van der Waals surface area contributed by atoms with Gasteiger partial charge in [-0.15, -0.1) is 10.2 Å². The number of rotatable bonds is 8. The Kier molecular flexibility index (Phi) is 10.7. The fourth-order valence-electron chi connectivity index (χ4n) is 4.53. The summed E-state index contributed by atoms with van der Waals surface area (Å²) in [5.41, 5.74) is 4.81. The number of aromatic nitrogens is 1. The number of hydrogen-bond donors (Lipinski definition) is 0. The SMILES string of the molecule is CCN1\C(=C/C=C(/C=C/c2sc3cc(OC)ccc3[n+]2CC)c2ccccc2)Sc2cc(OC)ccc21.[O-][Cl+3]([O-])([O-])[O-]. The molecule has 0 atom stereocenters. The van der Waals surface area contributed by atoms with Gasteiger partial charge in [0.25, 0.3) is 5.01 Å². The average molecular weight is 627 g/mol. The maximum atomic E-state index is 8.49. The Labute approximate surface area is 255 Å². The molecular weight excluding hydrogens is 596 g/mol. The van der Waals surface area contributed by atoms with E-state index in [-0.39, 0.29) is 0 Å². The Morgan fingerprint density at radius 1 is 0.929 bits per heavy atom. The number of thioether (sulfide) groups is 1. The summed E-state index contributed by atoms with van der Waals surface area (Å²) in [5.74, 6) is 1.77. The van der Waals surface area contributed by atoms with Crippen LogP contribution in [0.3, 0.4) is 0 Å². The predicted octanol–water partition coefficient (Wildman–Crippen LogP) is 3.04. The van der Waals surface area contributed by atoms with Crippen molar-refractivity contribution in [3.05, 3.63) is 101 Å². The van der Waals surface area contributed by atoms with Gasteiger partial charge in [-0.25, -0.2) is 18.6 Å².